The van der Waals surface area contributed by atoms with E-state index < -0.39 is 0 Å². The van der Waals surface area contributed by atoms with E-state index in [4.69, 9.17) is 0 Å². The van der Waals surface area contributed by atoms with Crippen molar-refractivity contribution in [2.75, 3.05) is 6.61 Å². The quantitative estimate of drug-likeness (QED) is 0.607. The van der Waals surface area contributed by atoms with Gasteiger partial charge >= 0.3 is 5.00 Å². The molecular formula is C14H16N2O3S. The first-order valence-corrected chi connectivity index (χ1v) is 7.12. The Labute approximate surface area is 121 Å². The Hall–Kier alpha value is -1.76. The molecule has 1 atom stereocenters. The van der Waals surface area contributed by atoms with Crippen molar-refractivity contribution in [2.45, 2.75) is 19.0 Å². The van der Waals surface area contributed by atoms with E-state index in [0.29, 0.717) is 6.54 Å². The average Bonchev–Trinajstić information content (AvgIpc) is 2.93. The molecule has 106 valence electrons. The molecule has 0 unspecified atom stereocenters. The third-order valence-electron chi connectivity index (χ3n) is 2.94. The molecule has 6 heteroatoms. The van der Waals surface area contributed by atoms with Crippen LogP contribution in [0.15, 0.2) is 42.5 Å². The van der Waals surface area contributed by atoms with Crippen LogP contribution in [0.2, 0.25) is 0 Å². The predicted molar refractivity (Wildman–Crippen MR) is 78.8 cm³/mol. The third kappa shape index (κ3) is 4.12. The lowest BCUT2D eigenvalue weighted by Gasteiger charge is -2.15. The van der Waals surface area contributed by atoms with Crippen molar-refractivity contribution < 1.29 is 10.0 Å². The number of hydrogen-bond acceptors (Lipinski definition) is 5. The zero-order valence-electron chi connectivity index (χ0n) is 10.9. The molecule has 0 aliphatic carbocycles. The lowest BCUT2D eigenvalue weighted by Crippen LogP contribution is -2.33. The number of nitro groups is 1. The minimum Gasteiger partial charge on any atom is -0.395 e. The van der Waals surface area contributed by atoms with Crippen LogP contribution in [0.25, 0.3) is 0 Å². The summed E-state index contributed by atoms with van der Waals surface area (Å²) in [6, 6.07) is 13.1. The van der Waals surface area contributed by atoms with Gasteiger partial charge in [0.1, 0.15) is 0 Å². The topological polar surface area (TPSA) is 75.4 Å². The molecule has 2 N–H and O–H groups in total. The molecule has 0 aliphatic rings. The van der Waals surface area contributed by atoms with Gasteiger partial charge in [-0.15, -0.1) is 0 Å². The van der Waals surface area contributed by atoms with Gasteiger partial charge in [0.25, 0.3) is 0 Å². The molecule has 1 aromatic carbocycles. The first kappa shape index (κ1) is 14.6. The first-order chi connectivity index (χ1) is 9.69. The maximum absolute atomic E-state index is 10.6. The molecule has 0 amide bonds. The fraction of sp³-hybridized carbons (Fsp3) is 0.286. The van der Waals surface area contributed by atoms with Crippen molar-refractivity contribution >= 4 is 16.3 Å². The third-order valence-corrected chi connectivity index (χ3v) is 3.97. The summed E-state index contributed by atoms with van der Waals surface area (Å²) in [6.07, 6.45) is 0.727. The van der Waals surface area contributed by atoms with Crippen LogP contribution in [0.1, 0.15) is 10.4 Å². The molecule has 1 heterocycles. The van der Waals surface area contributed by atoms with Gasteiger partial charge in [-0.1, -0.05) is 41.7 Å². The summed E-state index contributed by atoms with van der Waals surface area (Å²) in [5, 5.41) is 23.4. The number of aliphatic hydroxyl groups is 1. The van der Waals surface area contributed by atoms with E-state index in [9.17, 15) is 15.2 Å². The van der Waals surface area contributed by atoms with Gasteiger partial charge < -0.3 is 10.4 Å². The summed E-state index contributed by atoms with van der Waals surface area (Å²) in [6.45, 7) is 0.554. The molecule has 0 bridgehead atoms. The van der Waals surface area contributed by atoms with Crippen molar-refractivity contribution in [3.05, 3.63) is 63.0 Å². The lowest BCUT2D eigenvalue weighted by molar-refractivity contribution is -0.380. The van der Waals surface area contributed by atoms with E-state index in [2.05, 4.69) is 5.32 Å². The van der Waals surface area contributed by atoms with E-state index in [1.165, 1.54) is 6.07 Å². The Morgan fingerprint density at radius 2 is 2.00 bits per heavy atom. The Morgan fingerprint density at radius 1 is 1.25 bits per heavy atom. The van der Waals surface area contributed by atoms with Crippen molar-refractivity contribution in [1.82, 2.24) is 5.32 Å². The molecular weight excluding hydrogens is 276 g/mol. The molecule has 0 saturated heterocycles. The van der Waals surface area contributed by atoms with Gasteiger partial charge in [-0.05, 0) is 18.1 Å². The summed E-state index contributed by atoms with van der Waals surface area (Å²) in [4.78, 5) is 11.1. The molecule has 0 spiro atoms. The van der Waals surface area contributed by atoms with Crippen molar-refractivity contribution in [3.63, 3.8) is 0 Å². The van der Waals surface area contributed by atoms with E-state index in [0.717, 1.165) is 28.2 Å². The van der Waals surface area contributed by atoms with Crippen molar-refractivity contribution in [1.29, 1.82) is 0 Å². The van der Waals surface area contributed by atoms with Crippen molar-refractivity contribution in [3.8, 4) is 0 Å². The Bertz CT molecular complexity index is 557. The Balaban J connectivity index is 1.88. The van der Waals surface area contributed by atoms with E-state index in [1.54, 1.807) is 6.07 Å². The smallest absolute Gasteiger partial charge is 0.324 e. The average molecular weight is 292 g/mol. The van der Waals surface area contributed by atoms with Gasteiger partial charge in [0, 0.05) is 23.5 Å². The highest BCUT2D eigenvalue weighted by Crippen LogP contribution is 2.23. The minimum atomic E-state index is -0.387. The summed E-state index contributed by atoms with van der Waals surface area (Å²) in [5.41, 5.74) is 1.15. The highest BCUT2D eigenvalue weighted by Gasteiger charge is 2.12. The predicted octanol–water partition coefficient (Wildman–Crippen LogP) is 2.35. The molecule has 20 heavy (non-hydrogen) atoms. The summed E-state index contributed by atoms with van der Waals surface area (Å²) >= 11 is 1.16. The van der Waals surface area contributed by atoms with Gasteiger partial charge in [0.2, 0.25) is 0 Å². The molecule has 2 rings (SSSR count). The number of nitrogens with zero attached hydrogens (tertiary/aromatic N) is 1. The molecule has 1 aromatic heterocycles. The normalized spacial score (nSPS) is 12.2. The SMILES string of the molecule is O=[N+]([O-])c1ccc(CN[C@H](CO)Cc2ccccc2)s1. The summed E-state index contributed by atoms with van der Waals surface area (Å²) in [7, 11) is 0. The highest BCUT2D eigenvalue weighted by molar-refractivity contribution is 7.15. The fourth-order valence-electron chi connectivity index (χ4n) is 1.90. The number of thiophene rings is 1. The zero-order chi connectivity index (χ0) is 14.4. The fourth-order valence-corrected chi connectivity index (χ4v) is 2.68. The number of rotatable bonds is 7. The second-order valence-electron chi connectivity index (χ2n) is 4.45. The Morgan fingerprint density at radius 3 is 2.60 bits per heavy atom. The van der Waals surface area contributed by atoms with Crippen LogP contribution in [-0.2, 0) is 13.0 Å². The van der Waals surface area contributed by atoms with Gasteiger partial charge in [-0.3, -0.25) is 10.1 Å². The number of benzene rings is 1. The van der Waals surface area contributed by atoms with E-state index in [-0.39, 0.29) is 22.6 Å². The highest BCUT2D eigenvalue weighted by atomic mass is 32.1. The van der Waals surface area contributed by atoms with Gasteiger partial charge in [0.05, 0.1) is 11.5 Å². The standard InChI is InChI=1S/C14H16N2O3S/c17-10-12(8-11-4-2-1-3-5-11)15-9-13-6-7-14(20-13)16(18)19/h1-7,12,15,17H,8-10H2/t12-/m0/s1. The summed E-state index contributed by atoms with van der Waals surface area (Å²) in [5.74, 6) is 0. The molecule has 0 fully saturated rings. The maximum atomic E-state index is 10.6. The first-order valence-electron chi connectivity index (χ1n) is 6.30. The molecule has 0 aliphatic heterocycles. The zero-order valence-corrected chi connectivity index (χ0v) is 11.7. The lowest BCUT2D eigenvalue weighted by atomic mass is 10.1. The van der Waals surface area contributed by atoms with Crippen LogP contribution >= 0.6 is 11.3 Å². The number of hydrogen-bond donors (Lipinski definition) is 2. The maximum Gasteiger partial charge on any atom is 0.324 e. The van der Waals surface area contributed by atoms with E-state index in [1.807, 2.05) is 30.3 Å². The molecule has 0 saturated carbocycles. The van der Waals surface area contributed by atoms with Crippen LogP contribution in [0.4, 0.5) is 5.00 Å². The van der Waals surface area contributed by atoms with Crippen LogP contribution in [0.5, 0.6) is 0 Å². The van der Waals surface area contributed by atoms with Crippen molar-refractivity contribution in [2.24, 2.45) is 0 Å². The second-order valence-corrected chi connectivity index (χ2v) is 5.59. The van der Waals surface area contributed by atoms with Gasteiger partial charge in [-0.2, -0.15) is 0 Å². The van der Waals surface area contributed by atoms with Crippen LogP contribution in [0, 0.1) is 10.1 Å². The Kier molecular flexibility index (Phi) is 5.23. The minimum absolute atomic E-state index is 0.0301. The van der Waals surface area contributed by atoms with Crippen LogP contribution < -0.4 is 5.32 Å². The summed E-state index contributed by atoms with van der Waals surface area (Å²) < 4.78 is 0. The van der Waals surface area contributed by atoms with Gasteiger partial charge in [-0.25, -0.2) is 0 Å². The molecule has 5 nitrogen and oxygen atoms in total. The second kappa shape index (κ2) is 7.14. The van der Waals surface area contributed by atoms with Crippen LogP contribution in [0.3, 0.4) is 0 Å². The molecule has 2 aromatic rings. The number of aliphatic hydroxyl groups excluding tert-OH is 1. The largest absolute Gasteiger partial charge is 0.395 e. The number of nitrogens with one attached hydrogen (secondary N) is 1. The van der Waals surface area contributed by atoms with Gasteiger partial charge in [0.15, 0.2) is 0 Å². The van der Waals surface area contributed by atoms with Crippen LogP contribution in [-0.4, -0.2) is 22.7 Å². The van der Waals surface area contributed by atoms with E-state index >= 15 is 0 Å². The molecule has 0 radical (unpaired) electrons. The monoisotopic (exact) mass is 292 g/mol.